The number of benzene rings is 1. The zero-order valence-corrected chi connectivity index (χ0v) is 23.7. The zero-order valence-electron chi connectivity index (χ0n) is 22.8. The Balaban J connectivity index is 1.65. The van der Waals surface area contributed by atoms with Crippen LogP contribution in [-0.2, 0) is 0 Å². The molecule has 0 aliphatic carbocycles. The summed E-state index contributed by atoms with van der Waals surface area (Å²) in [4.78, 5) is 30.8. The van der Waals surface area contributed by atoms with Crippen molar-refractivity contribution in [1.29, 1.82) is 0 Å². The predicted octanol–water partition coefficient (Wildman–Crippen LogP) is 4.59. The molecule has 0 saturated carbocycles. The molecule has 36 heavy (non-hydrogen) atoms. The molecule has 0 radical (unpaired) electrons. The van der Waals surface area contributed by atoms with Crippen LogP contribution in [0.1, 0.15) is 46.1 Å². The van der Waals surface area contributed by atoms with Crippen LogP contribution in [0.2, 0.25) is 0 Å². The van der Waals surface area contributed by atoms with Gasteiger partial charge in [-0.25, -0.2) is 4.79 Å². The summed E-state index contributed by atoms with van der Waals surface area (Å²) in [5, 5.41) is 13.9. The molecule has 1 fully saturated rings. The Kier molecular flexibility index (Phi) is 13.0. The lowest BCUT2D eigenvalue weighted by molar-refractivity contribution is -0.384. The minimum atomic E-state index is -0.488. The van der Waals surface area contributed by atoms with Gasteiger partial charge in [0.05, 0.1) is 4.92 Å². The highest BCUT2D eigenvalue weighted by atomic mass is 32.1. The van der Waals surface area contributed by atoms with Crippen molar-refractivity contribution in [3.8, 4) is 0 Å². The van der Waals surface area contributed by atoms with Gasteiger partial charge in [0, 0.05) is 51.9 Å². The van der Waals surface area contributed by atoms with E-state index in [-0.39, 0.29) is 11.4 Å². The fourth-order valence-electron chi connectivity index (χ4n) is 4.67. The Morgan fingerprint density at radius 1 is 1.03 bits per heavy atom. The maximum atomic E-state index is 12.5. The number of nitrogens with zero attached hydrogens (tertiary/aromatic N) is 5. The summed E-state index contributed by atoms with van der Waals surface area (Å²) in [5.74, 6) is 1.40. The number of urea groups is 1. The van der Waals surface area contributed by atoms with E-state index < -0.39 is 11.0 Å². The molecule has 1 aromatic rings. The Labute approximate surface area is 222 Å². The van der Waals surface area contributed by atoms with Gasteiger partial charge in [-0.1, -0.05) is 46.6 Å². The third-order valence-corrected chi connectivity index (χ3v) is 6.71. The van der Waals surface area contributed by atoms with E-state index in [0.29, 0.717) is 18.4 Å². The van der Waals surface area contributed by atoms with E-state index in [9.17, 15) is 14.9 Å². The summed E-state index contributed by atoms with van der Waals surface area (Å²) in [7, 11) is 0. The van der Waals surface area contributed by atoms with Gasteiger partial charge in [-0.3, -0.25) is 14.4 Å². The Morgan fingerprint density at radius 2 is 1.56 bits per heavy atom. The van der Waals surface area contributed by atoms with Gasteiger partial charge in [-0.2, -0.15) is 0 Å². The molecule has 2 amide bonds. The largest absolute Gasteiger partial charge is 0.331 e. The lowest BCUT2D eigenvalue weighted by atomic mass is 10.1. The highest BCUT2D eigenvalue weighted by Crippen LogP contribution is 2.25. The third-order valence-electron chi connectivity index (χ3n) is 6.33. The number of nitro groups is 1. The summed E-state index contributed by atoms with van der Waals surface area (Å²) in [6.45, 7) is 21.2. The number of anilines is 1. The number of amides is 2. The number of hydrogen-bond donors (Lipinski definition) is 2. The second-order valence-corrected chi connectivity index (χ2v) is 11.3. The van der Waals surface area contributed by atoms with E-state index in [1.807, 2.05) is 0 Å². The predicted molar refractivity (Wildman–Crippen MR) is 151 cm³/mol. The number of thiol groups is 1. The topological polar surface area (TPSA) is 85.2 Å². The SMILES string of the molecule is Cc1ccc(NC(=O)N(S)CCCN2CCN(CCCN(CC(C)C)CC(C)C)CC2)c([N+](=O)[O-])c1. The average Bonchev–Trinajstić information content (AvgIpc) is 2.80. The van der Waals surface area contributed by atoms with Crippen molar-refractivity contribution in [3.05, 3.63) is 33.9 Å². The summed E-state index contributed by atoms with van der Waals surface area (Å²) in [6, 6.07) is 4.28. The molecule has 10 heteroatoms. The number of hydrogen-bond acceptors (Lipinski definition) is 7. The Bertz CT molecular complexity index is 820. The third kappa shape index (κ3) is 11.0. The number of piperazine rings is 1. The van der Waals surface area contributed by atoms with Crippen molar-refractivity contribution in [2.24, 2.45) is 11.8 Å². The van der Waals surface area contributed by atoms with Gasteiger partial charge in [0.15, 0.2) is 0 Å². The number of rotatable bonds is 14. The fraction of sp³-hybridized carbons (Fsp3) is 0.731. The number of aryl methyl sites for hydroxylation is 1. The van der Waals surface area contributed by atoms with Crippen LogP contribution in [0.4, 0.5) is 16.2 Å². The second kappa shape index (κ2) is 15.4. The van der Waals surface area contributed by atoms with Crippen molar-refractivity contribution in [2.75, 3.05) is 70.8 Å². The zero-order chi connectivity index (χ0) is 26.7. The van der Waals surface area contributed by atoms with Gasteiger partial charge >= 0.3 is 6.03 Å². The normalized spacial score (nSPS) is 15.1. The lowest BCUT2D eigenvalue weighted by Crippen LogP contribution is -2.47. The number of carbonyl (C=O) groups excluding carboxylic acids is 1. The molecule has 204 valence electrons. The summed E-state index contributed by atoms with van der Waals surface area (Å²) in [5.41, 5.74) is 0.833. The van der Waals surface area contributed by atoms with Crippen LogP contribution in [0.25, 0.3) is 0 Å². The Morgan fingerprint density at radius 3 is 2.06 bits per heavy atom. The molecular formula is C26H46N6O3S. The van der Waals surface area contributed by atoms with Crippen LogP contribution in [0.5, 0.6) is 0 Å². The molecule has 0 atom stereocenters. The van der Waals surface area contributed by atoms with Crippen LogP contribution >= 0.6 is 12.8 Å². The molecule has 0 unspecified atom stereocenters. The maximum Gasteiger partial charge on any atom is 0.331 e. The van der Waals surface area contributed by atoms with E-state index in [1.165, 1.54) is 36.4 Å². The van der Waals surface area contributed by atoms with E-state index in [0.717, 1.165) is 51.3 Å². The fourth-order valence-corrected chi connectivity index (χ4v) is 4.86. The molecule has 1 N–H and O–H groups in total. The Hall–Kier alpha value is -1.88. The van der Waals surface area contributed by atoms with Gasteiger partial charge in [-0.05, 0) is 62.9 Å². The van der Waals surface area contributed by atoms with Gasteiger partial charge < -0.3 is 20.0 Å². The molecule has 0 aromatic heterocycles. The first-order valence-electron chi connectivity index (χ1n) is 13.2. The first-order valence-corrected chi connectivity index (χ1v) is 13.6. The van der Waals surface area contributed by atoms with Crippen LogP contribution in [-0.4, -0.2) is 95.4 Å². The first kappa shape index (κ1) is 30.3. The van der Waals surface area contributed by atoms with Gasteiger partial charge in [0.2, 0.25) is 0 Å². The molecule has 1 saturated heterocycles. The quantitative estimate of drug-likeness (QED) is 0.211. The van der Waals surface area contributed by atoms with Crippen molar-refractivity contribution in [2.45, 2.75) is 47.5 Å². The minimum Gasteiger partial charge on any atom is -0.303 e. The highest BCUT2D eigenvalue weighted by Gasteiger charge is 2.20. The number of nitrogens with one attached hydrogen (secondary N) is 1. The molecule has 1 aromatic carbocycles. The summed E-state index contributed by atoms with van der Waals surface area (Å²) < 4.78 is 1.29. The van der Waals surface area contributed by atoms with Gasteiger partial charge in [-0.15, -0.1) is 0 Å². The van der Waals surface area contributed by atoms with Crippen LogP contribution in [0.3, 0.4) is 0 Å². The molecule has 2 rings (SSSR count). The van der Waals surface area contributed by atoms with Crippen LogP contribution < -0.4 is 5.32 Å². The van der Waals surface area contributed by atoms with E-state index in [1.54, 1.807) is 19.1 Å². The number of carbonyl (C=O) groups is 1. The first-order chi connectivity index (χ1) is 17.0. The van der Waals surface area contributed by atoms with Gasteiger partial charge in [0.1, 0.15) is 5.69 Å². The maximum absolute atomic E-state index is 12.5. The smallest absolute Gasteiger partial charge is 0.303 e. The minimum absolute atomic E-state index is 0.115. The highest BCUT2D eigenvalue weighted by molar-refractivity contribution is 7.78. The van der Waals surface area contributed by atoms with Gasteiger partial charge in [0.25, 0.3) is 5.69 Å². The van der Waals surface area contributed by atoms with E-state index in [2.05, 4.69) is 60.5 Å². The van der Waals surface area contributed by atoms with Crippen molar-refractivity contribution in [3.63, 3.8) is 0 Å². The molecular weight excluding hydrogens is 476 g/mol. The van der Waals surface area contributed by atoms with Crippen LogP contribution in [0, 0.1) is 28.9 Å². The molecule has 0 spiro atoms. The van der Waals surface area contributed by atoms with E-state index in [4.69, 9.17) is 0 Å². The summed E-state index contributed by atoms with van der Waals surface area (Å²) in [6.07, 6.45) is 2.01. The summed E-state index contributed by atoms with van der Waals surface area (Å²) >= 11 is 4.29. The van der Waals surface area contributed by atoms with Crippen molar-refractivity contribution >= 4 is 30.2 Å². The van der Waals surface area contributed by atoms with Crippen molar-refractivity contribution in [1.82, 2.24) is 19.0 Å². The monoisotopic (exact) mass is 522 g/mol. The van der Waals surface area contributed by atoms with Crippen LogP contribution in [0.15, 0.2) is 18.2 Å². The molecule has 0 bridgehead atoms. The average molecular weight is 523 g/mol. The standard InChI is InChI=1S/C26H46N6O3S/c1-21(2)19-30(20-22(3)4)12-6-10-28-14-16-29(17-15-28)11-7-13-31(36)26(33)27-24-9-8-23(5)18-25(24)32(34)35/h8-9,18,21-22,36H,6-7,10-17,19-20H2,1-5H3,(H,27,33). The molecule has 1 heterocycles. The second-order valence-electron chi connectivity index (χ2n) is 10.8. The lowest BCUT2D eigenvalue weighted by Gasteiger charge is -2.35. The molecule has 1 aliphatic heterocycles. The van der Waals surface area contributed by atoms with Crippen molar-refractivity contribution < 1.29 is 9.72 Å². The molecule has 1 aliphatic rings. The molecule has 9 nitrogen and oxygen atoms in total. The van der Waals surface area contributed by atoms with E-state index >= 15 is 0 Å². The number of nitro benzene ring substituents is 1.